The topological polar surface area (TPSA) is 42.4 Å². The van der Waals surface area contributed by atoms with Gasteiger partial charge in [0.25, 0.3) is 0 Å². The Balaban J connectivity index is 2.19. The molecule has 20 heavy (non-hydrogen) atoms. The lowest BCUT2D eigenvalue weighted by Gasteiger charge is -2.31. The summed E-state index contributed by atoms with van der Waals surface area (Å²) in [7, 11) is 2.06. The molecule has 0 aliphatic carbocycles. The first-order valence-electron chi connectivity index (χ1n) is 6.76. The van der Waals surface area contributed by atoms with Crippen molar-refractivity contribution in [3.63, 3.8) is 0 Å². The van der Waals surface area contributed by atoms with Gasteiger partial charge in [-0.25, -0.2) is 0 Å². The maximum absolute atomic E-state index is 5.94. The van der Waals surface area contributed by atoms with Gasteiger partial charge in [0, 0.05) is 17.6 Å². The number of rotatable bonds is 5. The van der Waals surface area contributed by atoms with Gasteiger partial charge < -0.3 is 10.2 Å². The zero-order chi connectivity index (χ0) is 14.7. The van der Waals surface area contributed by atoms with Crippen LogP contribution in [0.4, 0.5) is 0 Å². The highest BCUT2D eigenvalue weighted by Crippen LogP contribution is 2.29. The van der Waals surface area contributed by atoms with Crippen molar-refractivity contribution in [2.75, 3.05) is 13.6 Å². The average Bonchev–Trinajstić information content (AvgIpc) is 2.86. The van der Waals surface area contributed by atoms with Gasteiger partial charge in [0.2, 0.25) is 0 Å². The lowest BCUT2D eigenvalue weighted by molar-refractivity contribution is 0.168. The van der Waals surface area contributed by atoms with E-state index >= 15 is 0 Å². The van der Waals surface area contributed by atoms with Crippen LogP contribution in [-0.4, -0.2) is 18.5 Å². The molecule has 0 bridgehead atoms. The fourth-order valence-electron chi connectivity index (χ4n) is 2.36. The van der Waals surface area contributed by atoms with E-state index in [9.17, 15) is 0 Å². The second kappa shape index (κ2) is 6.44. The average molecular weight is 293 g/mol. The van der Waals surface area contributed by atoms with Gasteiger partial charge in [0.1, 0.15) is 11.5 Å². The first-order chi connectivity index (χ1) is 9.52. The molecule has 0 aliphatic rings. The van der Waals surface area contributed by atoms with E-state index in [1.165, 1.54) is 5.56 Å². The number of halogens is 1. The minimum atomic E-state index is 0.0642. The van der Waals surface area contributed by atoms with Crippen molar-refractivity contribution in [3.05, 3.63) is 58.5 Å². The molecule has 0 aliphatic heterocycles. The van der Waals surface area contributed by atoms with Crippen LogP contribution in [0.1, 0.15) is 36.1 Å². The SMILES string of the molecule is Cc1ccc(C(CN)N(C)C(C)c2ccc(Cl)cc2)o1. The van der Waals surface area contributed by atoms with Crippen LogP contribution in [0.2, 0.25) is 5.02 Å². The first kappa shape index (κ1) is 15.1. The molecule has 2 N–H and O–H groups in total. The first-order valence-corrected chi connectivity index (χ1v) is 7.14. The van der Waals surface area contributed by atoms with Crippen molar-refractivity contribution in [1.82, 2.24) is 4.90 Å². The minimum absolute atomic E-state index is 0.0642. The van der Waals surface area contributed by atoms with Gasteiger partial charge in [-0.15, -0.1) is 0 Å². The van der Waals surface area contributed by atoms with E-state index in [0.29, 0.717) is 6.54 Å². The molecule has 1 aromatic carbocycles. The summed E-state index contributed by atoms with van der Waals surface area (Å²) in [6.45, 7) is 4.61. The molecule has 2 rings (SSSR count). The summed E-state index contributed by atoms with van der Waals surface area (Å²) < 4.78 is 5.72. The zero-order valence-electron chi connectivity index (χ0n) is 12.1. The second-order valence-electron chi connectivity index (χ2n) is 5.09. The predicted molar refractivity (Wildman–Crippen MR) is 82.9 cm³/mol. The van der Waals surface area contributed by atoms with E-state index < -0.39 is 0 Å². The monoisotopic (exact) mass is 292 g/mol. The third-order valence-electron chi connectivity index (χ3n) is 3.77. The Morgan fingerprint density at radius 2 is 1.85 bits per heavy atom. The van der Waals surface area contributed by atoms with E-state index in [0.717, 1.165) is 16.5 Å². The summed E-state index contributed by atoms with van der Waals surface area (Å²) in [4.78, 5) is 2.22. The lowest BCUT2D eigenvalue weighted by atomic mass is 10.0. The maximum Gasteiger partial charge on any atom is 0.122 e. The summed E-state index contributed by atoms with van der Waals surface area (Å²) in [5.41, 5.74) is 7.14. The van der Waals surface area contributed by atoms with Gasteiger partial charge in [-0.3, -0.25) is 4.90 Å². The summed E-state index contributed by atoms with van der Waals surface area (Å²) >= 11 is 5.94. The molecule has 3 nitrogen and oxygen atoms in total. The number of aryl methyl sites for hydroxylation is 1. The van der Waals surface area contributed by atoms with Gasteiger partial charge >= 0.3 is 0 Å². The van der Waals surface area contributed by atoms with Gasteiger partial charge in [-0.1, -0.05) is 23.7 Å². The number of benzene rings is 1. The fraction of sp³-hybridized carbons (Fsp3) is 0.375. The van der Waals surface area contributed by atoms with Crippen LogP contribution >= 0.6 is 11.6 Å². The summed E-state index contributed by atoms with van der Waals surface area (Å²) in [5.74, 6) is 1.82. The molecule has 1 heterocycles. The molecule has 0 spiro atoms. The molecule has 2 aromatic rings. The van der Waals surface area contributed by atoms with E-state index in [-0.39, 0.29) is 12.1 Å². The Labute approximate surface area is 125 Å². The minimum Gasteiger partial charge on any atom is -0.465 e. The van der Waals surface area contributed by atoms with Crippen molar-refractivity contribution in [2.24, 2.45) is 5.73 Å². The third-order valence-corrected chi connectivity index (χ3v) is 4.02. The van der Waals surface area contributed by atoms with Crippen molar-refractivity contribution in [1.29, 1.82) is 0 Å². The molecule has 2 unspecified atom stereocenters. The van der Waals surface area contributed by atoms with Crippen LogP contribution < -0.4 is 5.73 Å². The van der Waals surface area contributed by atoms with Crippen LogP contribution in [0.25, 0.3) is 0 Å². The fourth-order valence-corrected chi connectivity index (χ4v) is 2.49. The van der Waals surface area contributed by atoms with Crippen LogP contribution in [-0.2, 0) is 0 Å². The quantitative estimate of drug-likeness (QED) is 0.908. The van der Waals surface area contributed by atoms with Crippen LogP contribution in [0.5, 0.6) is 0 Å². The Morgan fingerprint density at radius 3 is 2.35 bits per heavy atom. The Kier molecular flexibility index (Phi) is 4.86. The van der Waals surface area contributed by atoms with Crippen molar-refractivity contribution in [2.45, 2.75) is 25.9 Å². The van der Waals surface area contributed by atoms with Crippen molar-refractivity contribution in [3.8, 4) is 0 Å². The number of likely N-dealkylation sites (N-methyl/N-ethyl adjacent to an activating group) is 1. The molecule has 108 valence electrons. The molecular formula is C16H21ClN2O. The number of hydrogen-bond acceptors (Lipinski definition) is 3. The van der Waals surface area contributed by atoms with E-state index in [4.69, 9.17) is 21.8 Å². The number of nitrogens with two attached hydrogens (primary N) is 1. The highest BCUT2D eigenvalue weighted by atomic mass is 35.5. The summed E-state index contributed by atoms with van der Waals surface area (Å²) in [5, 5.41) is 0.751. The smallest absolute Gasteiger partial charge is 0.122 e. The lowest BCUT2D eigenvalue weighted by Crippen LogP contribution is -2.32. The standard InChI is InChI=1S/C16H21ClN2O/c1-11-4-9-16(20-11)15(10-18)19(3)12(2)13-5-7-14(17)8-6-13/h4-9,12,15H,10,18H2,1-3H3. The van der Waals surface area contributed by atoms with E-state index in [1.807, 2.05) is 43.3 Å². The largest absolute Gasteiger partial charge is 0.465 e. The van der Waals surface area contributed by atoms with Crippen molar-refractivity contribution < 1.29 is 4.42 Å². The van der Waals surface area contributed by atoms with Crippen LogP contribution in [0.3, 0.4) is 0 Å². The Hall–Kier alpha value is -1.29. The molecule has 1 aromatic heterocycles. The van der Waals surface area contributed by atoms with Crippen LogP contribution in [0.15, 0.2) is 40.8 Å². The number of nitrogens with zero attached hydrogens (tertiary/aromatic N) is 1. The predicted octanol–water partition coefficient (Wildman–Crippen LogP) is 3.93. The van der Waals surface area contributed by atoms with Gasteiger partial charge in [0.15, 0.2) is 0 Å². The number of hydrogen-bond donors (Lipinski definition) is 1. The highest BCUT2D eigenvalue weighted by molar-refractivity contribution is 6.30. The molecule has 0 fully saturated rings. The Morgan fingerprint density at radius 1 is 1.20 bits per heavy atom. The Bertz CT molecular complexity index is 550. The number of furan rings is 1. The molecule has 0 saturated heterocycles. The van der Waals surface area contributed by atoms with Gasteiger partial charge in [-0.05, 0) is 50.7 Å². The molecule has 0 radical (unpaired) electrons. The summed E-state index contributed by atoms with van der Waals surface area (Å²) in [6.07, 6.45) is 0. The zero-order valence-corrected chi connectivity index (χ0v) is 12.9. The molecule has 0 amide bonds. The summed E-state index contributed by atoms with van der Waals surface area (Å²) in [6, 6.07) is 12.2. The van der Waals surface area contributed by atoms with Gasteiger partial charge in [0.05, 0.1) is 6.04 Å². The van der Waals surface area contributed by atoms with Crippen LogP contribution in [0, 0.1) is 6.92 Å². The molecule has 2 atom stereocenters. The highest BCUT2D eigenvalue weighted by Gasteiger charge is 2.23. The normalized spacial score (nSPS) is 14.5. The van der Waals surface area contributed by atoms with Gasteiger partial charge in [-0.2, -0.15) is 0 Å². The maximum atomic E-state index is 5.94. The second-order valence-corrected chi connectivity index (χ2v) is 5.53. The van der Waals surface area contributed by atoms with E-state index in [2.05, 4.69) is 18.9 Å². The molecule has 0 saturated carbocycles. The molecule has 4 heteroatoms. The molecular weight excluding hydrogens is 272 g/mol. The van der Waals surface area contributed by atoms with Crippen molar-refractivity contribution >= 4 is 11.6 Å². The third kappa shape index (κ3) is 3.23. The van der Waals surface area contributed by atoms with E-state index in [1.54, 1.807) is 0 Å².